The summed E-state index contributed by atoms with van der Waals surface area (Å²) in [7, 11) is -3.34. The third-order valence-electron chi connectivity index (χ3n) is 3.42. The van der Waals surface area contributed by atoms with E-state index in [4.69, 9.17) is 0 Å². The monoisotopic (exact) mass is 305 g/mol. The highest BCUT2D eigenvalue weighted by Crippen LogP contribution is 2.29. The first-order valence-corrected chi connectivity index (χ1v) is 8.49. The van der Waals surface area contributed by atoms with E-state index in [9.17, 15) is 13.5 Å². The van der Waals surface area contributed by atoms with Gasteiger partial charge in [-0.2, -0.15) is 0 Å². The molecule has 1 atom stereocenters. The summed E-state index contributed by atoms with van der Waals surface area (Å²) >= 11 is 0. The highest BCUT2D eigenvalue weighted by atomic mass is 32.2. The van der Waals surface area contributed by atoms with Gasteiger partial charge in [-0.3, -0.25) is 0 Å². The fourth-order valence-electron chi connectivity index (χ4n) is 2.20. The zero-order valence-corrected chi connectivity index (χ0v) is 12.9. The largest absolute Gasteiger partial charge is 0.394 e. The van der Waals surface area contributed by atoms with E-state index in [1.165, 1.54) is 6.26 Å². The van der Waals surface area contributed by atoms with Gasteiger partial charge < -0.3 is 10.4 Å². The SMILES string of the molecule is CC(CO)(Nc1ccccc1S(C)(=O)=O)c1ccccc1. The molecule has 0 aliphatic carbocycles. The van der Waals surface area contributed by atoms with Crippen molar-refractivity contribution in [2.75, 3.05) is 18.2 Å². The second-order valence-corrected chi connectivity index (χ2v) is 7.23. The number of hydrogen-bond acceptors (Lipinski definition) is 4. The van der Waals surface area contributed by atoms with Crippen molar-refractivity contribution in [2.24, 2.45) is 0 Å². The van der Waals surface area contributed by atoms with Crippen molar-refractivity contribution in [1.82, 2.24) is 0 Å². The minimum absolute atomic E-state index is 0.158. The van der Waals surface area contributed by atoms with E-state index < -0.39 is 15.4 Å². The van der Waals surface area contributed by atoms with Crippen LogP contribution in [0.5, 0.6) is 0 Å². The maximum absolute atomic E-state index is 11.9. The molecule has 4 nitrogen and oxygen atoms in total. The van der Waals surface area contributed by atoms with Crippen molar-refractivity contribution in [3.8, 4) is 0 Å². The molecular weight excluding hydrogens is 286 g/mol. The average Bonchev–Trinajstić information content (AvgIpc) is 2.47. The number of para-hydroxylation sites is 1. The van der Waals surface area contributed by atoms with Crippen molar-refractivity contribution in [3.63, 3.8) is 0 Å². The predicted molar refractivity (Wildman–Crippen MR) is 84.1 cm³/mol. The predicted octanol–water partition coefficient (Wildman–Crippen LogP) is 2.41. The molecule has 0 fully saturated rings. The third kappa shape index (κ3) is 3.43. The molecule has 0 amide bonds. The molecule has 2 N–H and O–H groups in total. The summed E-state index contributed by atoms with van der Waals surface area (Å²) in [4.78, 5) is 0.223. The van der Waals surface area contributed by atoms with E-state index in [-0.39, 0.29) is 11.5 Å². The maximum atomic E-state index is 11.9. The Morgan fingerprint density at radius 2 is 1.62 bits per heavy atom. The lowest BCUT2D eigenvalue weighted by Gasteiger charge is -2.31. The Bertz CT molecular complexity index is 713. The molecule has 0 saturated heterocycles. The Hall–Kier alpha value is -1.85. The van der Waals surface area contributed by atoms with Gasteiger partial charge in [0.1, 0.15) is 0 Å². The fourth-order valence-corrected chi connectivity index (χ4v) is 3.04. The molecule has 0 bridgehead atoms. The van der Waals surface area contributed by atoms with Crippen LogP contribution in [0.25, 0.3) is 0 Å². The summed E-state index contributed by atoms with van der Waals surface area (Å²) in [5.41, 5.74) is 0.610. The van der Waals surface area contributed by atoms with E-state index in [1.807, 2.05) is 37.3 Å². The lowest BCUT2D eigenvalue weighted by atomic mass is 9.92. The lowest BCUT2D eigenvalue weighted by molar-refractivity contribution is 0.224. The van der Waals surface area contributed by atoms with Crippen molar-refractivity contribution >= 4 is 15.5 Å². The first-order chi connectivity index (χ1) is 9.87. The normalized spacial score (nSPS) is 14.4. The molecule has 0 aromatic heterocycles. The molecule has 0 spiro atoms. The van der Waals surface area contributed by atoms with Crippen LogP contribution in [0.3, 0.4) is 0 Å². The van der Waals surface area contributed by atoms with Crippen LogP contribution in [-0.4, -0.2) is 26.4 Å². The molecule has 2 aromatic rings. The molecule has 5 heteroatoms. The standard InChI is InChI=1S/C16H19NO3S/c1-16(12-18,13-8-4-3-5-9-13)17-14-10-6-7-11-15(14)21(2,19)20/h3-11,17-18H,12H2,1-2H3. The number of sulfone groups is 1. The van der Waals surface area contributed by atoms with E-state index in [0.717, 1.165) is 5.56 Å². The minimum atomic E-state index is -3.34. The van der Waals surface area contributed by atoms with Gasteiger partial charge in [-0.1, -0.05) is 42.5 Å². The van der Waals surface area contributed by atoms with Crippen LogP contribution >= 0.6 is 0 Å². The second-order valence-electron chi connectivity index (χ2n) is 5.25. The van der Waals surface area contributed by atoms with Gasteiger partial charge in [-0.25, -0.2) is 8.42 Å². The lowest BCUT2D eigenvalue weighted by Crippen LogP contribution is -2.36. The van der Waals surface area contributed by atoms with Crippen LogP contribution in [0.4, 0.5) is 5.69 Å². The van der Waals surface area contributed by atoms with Gasteiger partial charge in [-0.15, -0.1) is 0 Å². The smallest absolute Gasteiger partial charge is 0.177 e. The van der Waals surface area contributed by atoms with Gasteiger partial charge >= 0.3 is 0 Å². The molecule has 2 rings (SSSR count). The molecule has 2 aromatic carbocycles. The zero-order chi connectivity index (χ0) is 15.5. The molecule has 1 unspecified atom stereocenters. The van der Waals surface area contributed by atoms with Gasteiger partial charge in [0.2, 0.25) is 0 Å². The summed E-state index contributed by atoms with van der Waals surface area (Å²) in [6.07, 6.45) is 1.17. The van der Waals surface area contributed by atoms with Crippen molar-refractivity contribution < 1.29 is 13.5 Å². The van der Waals surface area contributed by atoms with E-state index in [1.54, 1.807) is 24.3 Å². The van der Waals surface area contributed by atoms with Crippen LogP contribution in [-0.2, 0) is 15.4 Å². The Morgan fingerprint density at radius 3 is 2.19 bits per heavy atom. The number of anilines is 1. The van der Waals surface area contributed by atoms with Crippen molar-refractivity contribution in [3.05, 3.63) is 60.2 Å². The topological polar surface area (TPSA) is 66.4 Å². The number of nitrogens with one attached hydrogen (secondary N) is 1. The maximum Gasteiger partial charge on any atom is 0.177 e. The molecular formula is C16H19NO3S. The van der Waals surface area contributed by atoms with Crippen molar-refractivity contribution in [1.29, 1.82) is 0 Å². The molecule has 0 radical (unpaired) electrons. The van der Waals surface area contributed by atoms with Crippen molar-refractivity contribution in [2.45, 2.75) is 17.4 Å². The summed E-state index contributed by atoms with van der Waals surface area (Å²) in [5, 5.41) is 12.9. The van der Waals surface area contributed by atoms with Crippen LogP contribution in [0.1, 0.15) is 12.5 Å². The molecule has 0 aliphatic heterocycles. The molecule has 21 heavy (non-hydrogen) atoms. The summed E-state index contributed by atoms with van der Waals surface area (Å²) in [6.45, 7) is 1.68. The first-order valence-electron chi connectivity index (χ1n) is 6.60. The Balaban J connectivity index is 2.45. The quantitative estimate of drug-likeness (QED) is 0.890. The Labute approximate surface area is 125 Å². The number of aliphatic hydroxyl groups is 1. The zero-order valence-electron chi connectivity index (χ0n) is 12.1. The molecule has 0 heterocycles. The molecule has 112 valence electrons. The van der Waals surface area contributed by atoms with Gasteiger partial charge in [-0.05, 0) is 24.6 Å². The van der Waals surface area contributed by atoms with Gasteiger partial charge in [0.15, 0.2) is 9.84 Å². The van der Waals surface area contributed by atoms with Crippen LogP contribution in [0.15, 0.2) is 59.5 Å². The fraction of sp³-hybridized carbons (Fsp3) is 0.250. The van der Waals surface area contributed by atoms with E-state index in [2.05, 4.69) is 5.32 Å². The number of aliphatic hydroxyl groups excluding tert-OH is 1. The van der Waals surface area contributed by atoms with Gasteiger partial charge in [0.05, 0.1) is 22.7 Å². The Kier molecular flexibility index (Phi) is 4.34. The third-order valence-corrected chi connectivity index (χ3v) is 4.58. The summed E-state index contributed by atoms with van der Waals surface area (Å²) in [5.74, 6) is 0. The number of hydrogen-bond donors (Lipinski definition) is 2. The van der Waals surface area contributed by atoms with Crippen LogP contribution in [0, 0.1) is 0 Å². The number of benzene rings is 2. The number of rotatable bonds is 5. The minimum Gasteiger partial charge on any atom is -0.394 e. The van der Waals surface area contributed by atoms with Crippen LogP contribution < -0.4 is 5.32 Å². The first kappa shape index (κ1) is 15.5. The highest BCUT2D eigenvalue weighted by Gasteiger charge is 2.27. The Morgan fingerprint density at radius 1 is 1.05 bits per heavy atom. The molecule has 0 saturated carbocycles. The van der Waals surface area contributed by atoms with E-state index in [0.29, 0.717) is 5.69 Å². The van der Waals surface area contributed by atoms with Gasteiger partial charge in [0, 0.05) is 6.26 Å². The van der Waals surface area contributed by atoms with E-state index >= 15 is 0 Å². The van der Waals surface area contributed by atoms with Crippen LogP contribution in [0.2, 0.25) is 0 Å². The average molecular weight is 305 g/mol. The molecule has 0 aliphatic rings. The highest BCUT2D eigenvalue weighted by molar-refractivity contribution is 7.90. The second kappa shape index (κ2) is 5.87. The summed E-state index contributed by atoms with van der Waals surface area (Å²) in [6, 6.07) is 16.2. The summed E-state index contributed by atoms with van der Waals surface area (Å²) < 4.78 is 23.7. The van der Waals surface area contributed by atoms with Gasteiger partial charge in [0.25, 0.3) is 0 Å².